The topological polar surface area (TPSA) is 78.4 Å². The summed E-state index contributed by atoms with van der Waals surface area (Å²) in [6, 6.07) is 6.49. The summed E-state index contributed by atoms with van der Waals surface area (Å²) in [6.07, 6.45) is 6.95. The van der Waals surface area contributed by atoms with Crippen LogP contribution in [0.2, 0.25) is 0 Å². The Kier molecular flexibility index (Phi) is 6.69. The van der Waals surface area contributed by atoms with Gasteiger partial charge in [-0.3, -0.25) is 0 Å². The number of aromatic carboxylic acids is 1. The number of hydrogen-bond donors (Lipinski definition) is 3. The van der Waals surface area contributed by atoms with Crippen molar-refractivity contribution in [1.82, 2.24) is 10.6 Å². The molecule has 0 spiro atoms. The van der Waals surface area contributed by atoms with E-state index < -0.39 is 5.97 Å². The molecule has 0 saturated heterocycles. The molecule has 5 nitrogen and oxygen atoms in total. The summed E-state index contributed by atoms with van der Waals surface area (Å²) in [5.41, 5.74) is 0.969. The minimum absolute atomic E-state index is 0.267. The number of carboxylic acid groups (broad SMARTS) is 1. The van der Waals surface area contributed by atoms with Crippen molar-refractivity contribution in [2.24, 2.45) is 0 Å². The van der Waals surface area contributed by atoms with Crippen LogP contribution in [0.3, 0.4) is 0 Å². The second-order valence-corrected chi connectivity index (χ2v) is 4.20. The summed E-state index contributed by atoms with van der Waals surface area (Å²) in [5.74, 6) is 1.54. The number of urea groups is 1. The van der Waals surface area contributed by atoms with Crippen LogP contribution >= 0.6 is 0 Å². The van der Waals surface area contributed by atoms with Crippen LogP contribution in [0.4, 0.5) is 4.79 Å². The number of unbranched alkanes of at least 4 members (excludes halogenated alkanes) is 1. The van der Waals surface area contributed by atoms with E-state index in [2.05, 4.69) is 16.6 Å². The van der Waals surface area contributed by atoms with Gasteiger partial charge in [0, 0.05) is 19.5 Å². The second-order valence-electron chi connectivity index (χ2n) is 4.20. The average Bonchev–Trinajstić information content (AvgIpc) is 2.44. The van der Waals surface area contributed by atoms with Crippen LogP contribution in [0.5, 0.6) is 0 Å². The highest BCUT2D eigenvalue weighted by atomic mass is 16.4. The van der Waals surface area contributed by atoms with Gasteiger partial charge in [-0.2, -0.15) is 0 Å². The Labute approximate surface area is 118 Å². The molecule has 0 saturated carbocycles. The number of carbonyl (C=O) groups excluding carboxylic acids is 1. The molecule has 106 valence electrons. The molecule has 1 rings (SSSR count). The van der Waals surface area contributed by atoms with Crippen molar-refractivity contribution < 1.29 is 14.7 Å². The number of carboxylic acids is 1. The highest BCUT2D eigenvalue weighted by Crippen LogP contribution is 2.08. The third kappa shape index (κ3) is 5.44. The van der Waals surface area contributed by atoms with E-state index in [1.807, 2.05) is 0 Å². The van der Waals surface area contributed by atoms with Gasteiger partial charge in [0.2, 0.25) is 0 Å². The first kappa shape index (κ1) is 15.6. The molecular weight excluding hydrogens is 256 g/mol. The molecule has 20 heavy (non-hydrogen) atoms. The van der Waals surface area contributed by atoms with E-state index in [1.165, 1.54) is 0 Å². The summed E-state index contributed by atoms with van der Waals surface area (Å²) < 4.78 is 0. The van der Waals surface area contributed by atoms with Crippen molar-refractivity contribution in [2.75, 3.05) is 13.1 Å². The van der Waals surface area contributed by atoms with Crippen LogP contribution in [-0.4, -0.2) is 30.2 Å². The number of carbonyl (C=O) groups is 2. The van der Waals surface area contributed by atoms with Gasteiger partial charge in [-0.05, 0) is 24.5 Å². The lowest BCUT2D eigenvalue weighted by atomic mass is 10.0. The Morgan fingerprint density at radius 2 is 1.90 bits per heavy atom. The van der Waals surface area contributed by atoms with Gasteiger partial charge in [0.25, 0.3) is 0 Å². The molecule has 0 radical (unpaired) electrons. The van der Waals surface area contributed by atoms with E-state index in [0.717, 1.165) is 6.42 Å². The number of hydrogen-bond acceptors (Lipinski definition) is 2. The minimum atomic E-state index is -0.959. The van der Waals surface area contributed by atoms with Crippen LogP contribution in [0, 0.1) is 12.3 Å². The molecule has 0 unspecified atom stereocenters. The first-order valence-corrected chi connectivity index (χ1v) is 6.41. The summed E-state index contributed by atoms with van der Waals surface area (Å²) in [4.78, 5) is 22.4. The first-order valence-electron chi connectivity index (χ1n) is 6.41. The zero-order valence-electron chi connectivity index (χ0n) is 11.2. The zero-order valence-corrected chi connectivity index (χ0v) is 11.2. The third-order valence-corrected chi connectivity index (χ3v) is 2.71. The van der Waals surface area contributed by atoms with E-state index >= 15 is 0 Å². The molecule has 0 aliphatic rings. The lowest BCUT2D eigenvalue weighted by Gasteiger charge is -2.08. The second kappa shape index (κ2) is 8.59. The fourth-order valence-corrected chi connectivity index (χ4v) is 1.71. The van der Waals surface area contributed by atoms with E-state index in [0.29, 0.717) is 31.5 Å². The molecule has 0 aliphatic carbocycles. The first-order chi connectivity index (χ1) is 9.65. The predicted octanol–water partition coefficient (Wildman–Crippen LogP) is 1.64. The summed E-state index contributed by atoms with van der Waals surface area (Å²) in [7, 11) is 0. The maximum Gasteiger partial charge on any atom is 0.335 e. The largest absolute Gasteiger partial charge is 0.478 e. The Morgan fingerprint density at radius 1 is 1.20 bits per heavy atom. The van der Waals surface area contributed by atoms with Crippen molar-refractivity contribution in [3.8, 4) is 12.3 Å². The van der Waals surface area contributed by atoms with E-state index in [1.54, 1.807) is 24.3 Å². The number of amides is 2. The van der Waals surface area contributed by atoms with Crippen LogP contribution in [0.1, 0.15) is 28.8 Å². The molecule has 0 aliphatic heterocycles. The molecule has 5 heteroatoms. The summed E-state index contributed by atoms with van der Waals surface area (Å²) in [6.45, 7) is 0.910. The van der Waals surface area contributed by atoms with Gasteiger partial charge >= 0.3 is 12.0 Å². The fourth-order valence-electron chi connectivity index (χ4n) is 1.71. The number of nitrogens with one attached hydrogen (secondary N) is 2. The molecule has 0 fully saturated rings. The van der Waals surface area contributed by atoms with Crippen LogP contribution in [-0.2, 0) is 6.42 Å². The van der Waals surface area contributed by atoms with Crippen molar-refractivity contribution in [3.05, 3.63) is 35.4 Å². The normalized spacial score (nSPS) is 9.55. The molecule has 1 aromatic rings. The van der Waals surface area contributed by atoms with Crippen LogP contribution in [0.25, 0.3) is 0 Å². The lowest BCUT2D eigenvalue weighted by molar-refractivity contribution is 0.0695. The van der Waals surface area contributed by atoms with Crippen molar-refractivity contribution in [1.29, 1.82) is 0 Å². The monoisotopic (exact) mass is 274 g/mol. The lowest BCUT2D eigenvalue weighted by Crippen LogP contribution is -2.37. The SMILES string of the molecule is C#CCCCNC(=O)NCCc1ccccc1C(=O)O. The maximum atomic E-state index is 11.4. The Hall–Kier alpha value is -2.48. The van der Waals surface area contributed by atoms with Crippen LogP contribution < -0.4 is 10.6 Å². The minimum Gasteiger partial charge on any atom is -0.478 e. The number of benzene rings is 1. The van der Waals surface area contributed by atoms with Gasteiger partial charge in [-0.1, -0.05) is 18.2 Å². The van der Waals surface area contributed by atoms with Crippen LogP contribution in [0.15, 0.2) is 24.3 Å². The smallest absolute Gasteiger partial charge is 0.335 e. The van der Waals surface area contributed by atoms with Crippen molar-refractivity contribution in [3.63, 3.8) is 0 Å². The van der Waals surface area contributed by atoms with Gasteiger partial charge in [0.05, 0.1) is 5.56 Å². The number of terminal acetylenes is 1. The quantitative estimate of drug-likeness (QED) is 0.522. The van der Waals surface area contributed by atoms with E-state index in [-0.39, 0.29) is 11.6 Å². The van der Waals surface area contributed by atoms with Crippen molar-refractivity contribution >= 4 is 12.0 Å². The molecule has 1 aromatic carbocycles. The zero-order chi connectivity index (χ0) is 14.8. The van der Waals surface area contributed by atoms with E-state index in [4.69, 9.17) is 11.5 Å². The van der Waals surface area contributed by atoms with Gasteiger partial charge in [-0.15, -0.1) is 12.3 Å². The average molecular weight is 274 g/mol. The predicted molar refractivity (Wildman–Crippen MR) is 76.6 cm³/mol. The molecule has 0 aromatic heterocycles. The molecule has 0 bridgehead atoms. The molecule has 0 heterocycles. The van der Waals surface area contributed by atoms with Gasteiger partial charge in [-0.25, -0.2) is 9.59 Å². The standard InChI is InChI=1S/C15H18N2O3/c1-2-3-6-10-16-15(20)17-11-9-12-7-4-5-8-13(12)14(18)19/h1,4-5,7-8H,3,6,9-11H2,(H,18,19)(H2,16,17,20). The third-order valence-electron chi connectivity index (χ3n) is 2.71. The highest BCUT2D eigenvalue weighted by Gasteiger charge is 2.08. The van der Waals surface area contributed by atoms with Gasteiger partial charge in [0.15, 0.2) is 0 Å². The molecule has 0 atom stereocenters. The Bertz CT molecular complexity index is 506. The van der Waals surface area contributed by atoms with Gasteiger partial charge < -0.3 is 15.7 Å². The Morgan fingerprint density at radius 3 is 2.60 bits per heavy atom. The highest BCUT2D eigenvalue weighted by molar-refractivity contribution is 5.89. The Balaban J connectivity index is 2.32. The molecule has 2 amide bonds. The fraction of sp³-hybridized carbons (Fsp3) is 0.333. The summed E-state index contributed by atoms with van der Waals surface area (Å²) >= 11 is 0. The number of rotatable bonds is 7. The maximum absolute atomic E-state index is 11.4. The van der Waals surface area contributed by atoms with E-state index in [9.17, 15) is 9.59 Å². The molecular formula is C15H18N2O3. The summed E-state index contributed by atoms with van der Waals surface area (Å²) in [5, 5.41) is 14.4. The van der Waals surface area contributed by atoms with Crippen molar-refractivity contribution in [2.45, 2.75) is 19.3 Å². The molecule has 3 N–H and O–H groups in total. The van der Waals surface area contributed by atoms with Gasteiger partial charge in [0.1, 0.15) is 0 Å².